The van der Waals surface area contributed by atoms with Crippen LogP contribution in [0.4, 0.5) is 0 Å². The van der Waals surface area contributed by atoms with Gasteiger partial charge >= 0.3 is 0 Å². The minimum absolute atomic E-state index is 0. The van der Waals surface area contributed by atoms with Crippen molar-refractivity contribution in [1.82, 2.24) is 10.3 Å². The highest BCUT2D eigenvalue weighted by Crippen LogP contribution is 2.27. The smallest absolute Gasteiger partial charge is 0.228 e. The Hall–Kier alpha value is -1.69. The number of aryl methyl sites for hydroxylation is 1. The molecule has 6 heteroatoms. The highest BCUT2D eigenvalue weighted by atomic mass is 79.9. The van der Waals surface area contributed by atoms with Gasteiger partial charge in [-0.25, -0.2) is 0 Å². The lowest BCUT2D eigenvalue weighted by molar-refractivity contribution is 0.101. The number of rotatable bonds is 5. The second-order valence-electron chi connectivity index (χ2n) is 6.09. The number of carbonyl (C=O) groups excluding carboxylic acids is 1. The highest BCUT2D eigenvalue weighted by Gasteiger charge is 2.18. The van der Waals surface area contributed by atoms with Gasteiger partial charge in [-0.05, 0) is 42.8 Å². The minimum Gasteiger partial charge on any atom is -0.451 e. The molecule has 0 fully saturated rings. The Labute approximate surface area is 161 Å². The zero-order valence-electron chi connectivity index (χ0n) is 14.3. The summed E-state index contributed by atoms with van der Waals surface area (Å²) in [5, 5.41) is 4.32. The van der Waals surface area contributed by atoms with Gasteiger partial charge in [-0.1, -0.05) is 29.8 Å². The summed E-state index contributed by atoms with van der Waals surface area (Å²) in [6, 6.07) is 9.46. The fourth-order valence-electron chi connectivity index (χ4n) is 2.51. The number of nitrogens with zero attached hydrogens (tertiary/aromatic N) is 1. The highest BCUT2D eigenvalue weighted by molar-refractivity contribution is 9.10. The van der Waals surface area contributed by atoms with Crippen molar-refractivity contribution in [3.8, 4) is 0 Å². The van der Waals surface area contributed by atoms with Crippen molar-refractivity contribution >= 4 is 45.1 Å². The van der Waals surface area contributed by atoms with Crippen molar-refractivity contribution in [1.29, 1.82) is 0 Å². The molecule has 4 nitrogen and oxygen atoms in total. The number of halogens is 2. The number of ketones is 1. The standard InChI is InChI=1S/C19H19BrN2O2.ClH/c1-11(2)21-9-14-10-22-12(3)19-16(14)8-17(24-19)18(23)13-4-6-15(20)7-5-13;/h4-8,10-11,21H,9H2,1-3H3;1H. The van der Waals surface area contributed by atoms with Gasteiger partial charge in [0.2, 0.25) is 5.78 Å². The molecule has 0 atom stereocenters. The summed E-state index contributed by atoms with van der Waals surface area (Å²) >= 11 is 3.38. The van der Waals surface area contributed by atoms with Crippen LogP contribution in [-0.4, -0.2) is 16.8 Å². The largest absolute Gasteiger partial charge is 0.451 e. The number of pyridine rings is 1. The Morgan fingerprint density at radius 3 is 2.60 bits per heavy atom. The topological polar surface area (TPSA) is 55.1 Å². The molecule has 25 heavy (non-hydrogen) atoms. The molecule has 0 aliphatic heterocycles. The number of aromatic nitrogens is 1. The van der Waals surface area contributed by atoms with E-state index in [1.54, 1.807) is 12.1 Å². The molecule has 0 saturated heterocycles. The van der Waals surface area contributed by atoms with Gasteiger partial charge in [0.1, 0.15) is 0 Å². The van der Waals surface area contributed by atoms with Crippen LogP contribution < -0.4 is 5.32 Å². The van der Waals surface area contributed by atoms with E-state index >= 15 is 0 Å². The number of hydrogen-bond donors (Lipinski definition) is 1. The van der Waals surface area contributed by atoms with Crippen LogP contribution in [0.2, 0.25) is 0 Å². The van der Waals surface area contributed by atoms with E-state index in [1.165, 1.54) is 0 Å². The third-order valence-corrected chi connectivity index (χ3v) is 4.38. The molecule has 3 rings (SSSR count). The van der Waals surface area contributed by atoms with Crippen LogP contribution in [0.1, 0.15) is 41.2 Å². The van der Waals surface area contributed by atoms with Gasteiger partial charge < -0.3 is 9.73 Å². The number of carbonyl (C=O) groups is 1. The summed E-state index contributed by atoms with van der Waals surface area (Å²) in [5.74, 6) is 0.218. The first-order chi connectivity index (χ1) is 11.5. The lowest BCUT2D eigenvalue weighted by atomic mass is 10.1. The molecular formula is C19H20BrClN2O2. The van der Waals surface area contributed by atoms with Gasteiger partial charge in [-0.15, -0.1) is 12.4 Å². The summed E-state index contributed by atoms with van der Waals surface area (Å²) in [4.78, 5) is 17.1. The second-order valence-corrected chi connectivity index (χ2v) is 7.01. The summed E-state index contributed by atoms with van der Waals surface area (Å²) in [5.41, 5.74) is 3.10. The summed E-state index contributed by atoms with van der Waals surface area (Å²) < 4.78 is 6.78. The number of furan rings is 1. The maximum atomic E-state index is 12.7. The monoisotopic (exact) mass is 422 g/mol. The van der Waals surface area contributed by atoms with Gasteiger partial charge in [0.15, 0.2) is 11.3 Å². The Kier molecular flexibility index (Phi) is 6.38. The predicted molar refractivity (Wildman–Crippen MR) is 106 cm³/mol. The summed E-state index contributed by atoms with van der Waals surface area (Å²) in [6.45, 7) is 6.76. The zero-order chi connectivity index (χ0) is 17.3. The van der Waals surface area contributed by atoms with E-state index < -0.39 is 0 Å². The molecule has 0 unspecified atom stereocenters. The number of hydrogen-bond acceptors (Lipinski definition) is 4. The molecule has 3 aromatic rings. The van der Waals surface area contributed by atoms with E-state index in [1.807, 2.05) is 31.3 Å². The van der Waals surface area contributed by atoms with E-state index in [4.69, 9.17) is 4.42 Å². The lowest BCUT2D eigenvalue weighted by Gasteiger charge is -2.08. The first kappa shape index (κ1) is 19.6. The van der Waals surface area contributed by atoms with E-state index in [0.29, 0.717) is 29.5 Å². The maximum Gasteiger partial charge on any atom is 0.228 e. The molecule has 132 valence electrons. The van der Waals surface area contributed by atoms with Crippen molar-refractivity contribution in [2.24, 2.45) is 0 Å². The molecule has 0 aliphatic rings. The molecule has 1 N–H and O–H groups in total. The fourth-order valence-corrected chi connectivity index (χ4v) is 2.78. The van der Waals surface area contributed by atoms with Gasteiger partial charge in [0.05, 0.1) is 5.69 Å². The van der Waals surface area contributed by atoms with Crippen LogP contribution in [0.25, 0.3) is 11.0 Å². The minimum atomic E-state index is -0.124. The van der Waals surface area contributed by atoms with Crippen LogP contribution >= 0.6 is 28.3 Å². The average Bonchev–Trinajstić information content (AvgIpc) is 3.00. The lowest BCUT2D eigenvalue weighted by Crippen LogP contribution is -2.22. The van der Waals surface area contributed by atoms with E-state index in [9.17, 15) is 4.79 Å². The zero-order valence-corrected chi connectivity index (χ0v) is 16.7. The Balaban J connectivity index is 0.00000225. The van der Waals surface area contributed by atoms with Gasteiger partial charge in [-0.3, -0.25) is 9.78 Å². The second kappa shape index (κ2) is 8.13. The van der Waals surface area contributed by atoms with Gasteiger partial charge in [0.25, 0.3) is 0 Å². The van der Waals surface area contributed by atoms with Crippen LogP contribution in [0.15, 0.2) is 45.4 Å². The quantitative estimate of drug-likeness (QED) is 0.583. The van der Waals surface area contributed by atoms with Crippen molar-refractivity contribution in [3.63, 3.8) is 0 Å². The van der Waals surface area contributed by atoms with E-state index in [-0.39, 0.29) is 18.2 Å². The van der Waals surface area contributed by atoms with Crippen molar-refractivity contribution in [2.75, 3.05) is 0 Å². The van der Waals surface area contributed by atoms with Crippen LogP contribution in [0.5, 0.6) is 0 Å². The third-order valence-electron chi connectivity index (χ3n) is 3.85. The number of fused-ring (bicyclic) bond motifs is 1. The predicted octanol–water partition coefficient (Wildman–Crippen LogP) is 5.05. The molecule has 2 heterocycles. The van der Waals surface area contributed by atoms with Crippen molar-refractivity contribution < 1.29 is 9.21 Å². The number of benzene rings is 1. The molecule has 0 radical (unpaired) electrons. The van der Waals surface area contributed by atoms with Crippen molar-refractivity contribution in [3.05, 3.63) is 63.6 Å². The van der Waals surface area contributed by atoms with Gasteiger partial charge in [-0.2, -0.15) is 0 Å². The Bertz CT molecular complexity index is 888. The maximum absolute atomic E-state index is 12.7. The van der Waals surface area contributed by atoms with Crippen molar-refractivity contribution in [2.45, 2.75) is 33.4 Å². The van der Waals surface area contributed by atoms with E-state index in [2.05, 4.69) is 40.1 Å². The van der Waals surface area contributed by atoms with Gasteiger partial charge in [0, 0.05) is 34.2 Å². The average molecular weight is 424 g/mol. The molecule has 2 aromatic heterocycles. The molecule has 0 aliphatic carbocycles. The first-order valence-corrected chi connectivity index (χ1v) is 8.66. The molecular weight excluding hydrogens is 404 g/mol. The fraction of sp³-hybridized carbons (Fsp3) is 0.263. The third kappa shape index (κ3) is 4.29. The van der Waals surface area contributed by atoms with Crippen LogP contribution in [-0.2, 0) is 6.54 Å². The number of nitrogens with one attached hydrogen (secondary N) is 1. The Morgan fingerprint density at radius 1 is 1.28 bits per heavy atom. The Morgan fingerprint density at radius 2 is 1.96 bits per heavy atom. The van der Waals surface area contributed by atoms with Crippen LogP contribution in [0.3, 0.4) is 0 Å². The molecule has 0 spiro atoms. The van der Waals surface area contributed by atoms with Crippen LogP contribution in [0, 0.1) is 6.92 Å². The SMILES string of the molecule is Cc1ncc(CNC(C)C)c2cc(C(=O)c3ccc(Br)cc3)oc12.Cl. The first-order valence-electron chi connectivity index (χ1n) is 7.87. The molecule has 0 amide bonds. The van der Waals surface area contributed by atoms with E-state index in [0.717, 1.165) is 21.1 Å². The molecule has 1 aromatic carbocycles. The summed E-state index contributed by atoms with van der Waals surface area (Å²) in [7, 11) is 0. The summed E-state index contributed by atoms with van der Waals surface area (Å²) in [6.07, 6.45) is 1.84. The molecule has 0 saturated carbocycles. The normalized spacial score (nSPS) is 10.9. The molecule has 0 bridgehead atoms.